The quantitative estimate of drug-likeness (QED) is 0.0271. The molecule has 0 N–H and O–H groups in total. The van der Waals surface area contributed by atoms with E-state index >= 15 is 4.79 Å². The molecule has 6 heteroatoms. The van der Waals surface area contributed by atoms with E-state index in [4.69, 9.17) is 4.42 Å². The molecule has 4 aromatic rings. The fourth-order valence-corrected chi connectivity index (χ4v) is 11.9. The maximum Gasteiger partial charge on any atom is 0.260 e. The molecule has 0 aliphatic carbocycles. The van der Waals surface area contributed by atoms with E-state index < -0.39 is 0 Å². The van der Waals surface area contributed by atoms with Crippen molar-refractivity contribution in [2.45, 2.75) is 241 Å². The lowest BCUT2D eigenvalue weighted by molar-refractivity contribution is -0.123. The van der Waals surface area contributed by atoms with Gasteiger partial charge in [-0.2, -0.15) is 0 Å². The van der Waals surface area contributed by atoms with Gasteiger partial charge >= 0.3 is 0 Å². The van der Waals surface area contributed by atoms with Gasteiger partial charge in [0.25, 0.3) is 5.91 Å². The summed E-state index contributed by atoms with van der Waals surface area (Å²) >= 11 is 1.78. The number of nitrogens with zero attached hydrogens (tertiary/aromatic N) is 2. The Balaban J connectivity index is 1.64. The molecule has 71 heavy (non-hydrogen) atoms. The molecule has 2 unspecified atom stereocenters. The van der Waals surface area contributed by atoms with Crippen molar-refractivity contribution in [2.75, 3.05) is 13.1 Å². The molecule has 2 aromatic heterocycles. The van der Waals surface area contributed by atoms with Crippen LogP contribution in [0.4, 0.5) is 0 Å². The normalized spacial score (nSPS) is 15.1. The Hall–Kier alpha value is -3.90. The SMILES string of the molecule is CCCCCCCCC(CCCCCC)CN1C(=O)/C(=C(\c2ccc(C(C)(C)C)o2)N(C=O)CC(CCCCCC)CCCCCCCC)C(C)=C1c1ccc(-c2ccc3cc(C(C)(C)C)ccc3c2)s1. The third-order valence-corrected chi connectivity index (χ3v) is 16.4. The first-order valence-corrected chi connectivity index (χ1v) is 29.7. The Morgan fingerprint density at radius 3 is 1.65 bits per heavy atom. The molecule has 0 bridgehead atoms. The first-order chi connectivity index (χ1) is 34.1. The van der Waals surface area contributed by atoms with Gasteiger partial charge in [0.05, 0.1) is 21.8 Å². The third-order valence-electron chi connectivity index (χ3n) is 15.3. The molecular formula is C65H98N2O3S. The predicted molar refractivity (Wildman–Crippen MR) is 308 cm³/mol. The van der Waals surface area contributed by atoms with Crippen molar-refractivity contribution in [3.63, 3.8) is 0 Å². The summed E-state index contributed by atoms with van der Waals surface area (Å²) in [5, 5.41) is 2.49. The van der Waals surface area contributed by atoms with Crippen LogP contribution in [-0.4, -0.2) is 35.2 Å². The molecular weight excluding hydrogens is 889 g/mol. The van der Waals surface area contributed by atoms with Gasteiger partial charge in [-0.25, -0.2) is 0 Å². The van der Waals surface area contributed by atoms with Gasteiger partial charge < -0.3 is 14.2 Å². The Labute approximate surface area is 437 Å². The second-order valence-corrected chi connectivity index (χ2v) is 24.6. The average molecular weight is 988 g/mol. The average Bonchev–Trinajstić information content (AvgIpc) is 4.09. The van der Waals surface area contributed by atoms with E-state index in [9.17, 15) is 4.79 Å². The van der Waals surface area contributed by atoms with E-state index in [-0.39, 0.29) is 16.7 Å². The number of carbonyl (C=O) groups excluding carboxylic acids is 2. The summed E-state index contributed by atoms with van der Waals surface area (Å²) in [6.45, 7) is 25.8. The molecule has 0 saturated carbocycles. The zero-order valence-electron chi connectivity index (χ0n) is 46.9. The van der Waals surface area contributed by atoms with Gasteiger partial charge in [0, 0.05) is 23.4 Å². The summed E-state index contributed by atoms with van der Waals surface area (Å²) in [6.07, 6.45) is 30.2. The monoisotopic (exact) mass is 987 g/mol. The molecule has 5 rings (SSSR count). The number of furan rings is 1. The molecule has 1 aliphatic rings. The molecule has 2 amide bonds. The zero-order valence-corrected chi connectivity index (χ0v) is 47.7. The highest BCUT2D eigenvalue weighted by Crippen LogP contribution is 2.46. The van der Waals surface area contributed by atoms with Crippen molar-refractivity contribution in [2.24, 2.45) is 11.8 Å². The van der Waals surface area contributed by atoms with Crippen LogP contribution in [0, 0.1) is 11.8 Å². The summed E-state index contributed by atoms with van der Waals surface area (Å²) < 4.78 is 6.83. The predicted octanol–water partition coefficient (Wildman–Crippen LogP) is 19.9. The van der Waals surface area contributed by atoms with Crippen LogP contribution < -0.4 is 0 Å². The number of thiophene rings is 1. The van der Waals surface area contributed by atoms with E-state index in [2.05, 4.69) is 136 Å². The van der Waals surface area contributed by atoms with Gasteiger partial charge in [0.1, 0.15) is 5.76 Å². The fraction of sp³-hybridized carbons (Fsp3) is 0.631. The van der Waals surface area contributed by atoms with Crippen molar-refractivity contribution in [1.29, 1.82) is 0 Å². The first-order valence-electron chi connectivity index (χ1n) is 28.9. The molecule has 2 atom stereocenters. The van der Waals surface area contributed by atoms with Gasteiger partial charge in [-0.3, -0.25) is 9.59 Å². The molecule has 2 aromatic carbocycles. The second-order valence-electron chi connectivity index (χ2n) is 23.5. The number of rotatable bonds is 33. The van der Waals surface area contributed by atoms with Crippen LogP contribution in [-0.2, 0) is 20.4 Å². The van der Waals surface area contributed by atoms with Crippen molar-refractivity contribution >= 4 is 45.8 Å². The number of unbranched alkanes of at least 4 members (excludes halogenated alkanes) is 16. The maximum atomic E-state index is 15.9. The first kappa shape index (κ1) is 58.0. The Morgan fingerprint density at radius 2 is 1.11 bits per heavy atom. The molecule has 0 saturated heterocycles. The summed E-state index contributed by atoms with van der Waals surface area (Å²) in [4.78, 5) is 36.1. The highest BCUT2D eigenvalue weighted by atomic mass is 32.1. The number of carbonyl (C=O) groups is 2. The topological polar surface area (TPSA) is 53.8 Å². The van der Waals surface area contributed by atoms with E-state index in [0.29, 0.717) is 42.0 Å². The van der Waals surface area contributed by atoms with E-state index in [1.54, 1.807) is 11.3 Å². The van der Waals surface area contributed by atoms with Crippen molar-refractivity contribution in [1.82, 2.24) is 9.80 Å². The van der Waals surface area contributed by atoms with Crippen LogP contribution >= 0.6 is 11.3 Å². The lowest BCUT2D eigenvalue weighted by atomic mass is 9.86. The molecule has 0 fully saturated rings. The Morgan fingerprint density at radius 1 is 0.606 bits per heavy atom. The van der Waals surface area contributed by atoms with Gasteiger partial charge in [-0.1, -0.05) is 228 Å². The van der Waals surface area contributed by atoms with E-state index in [1.165, 1.54) is 149 Å². The van der Waals surface area contributed by atoms with Crippen molar-refractivity contribution in [3.8, 4) is 10.4 Å². The fourth-order valence-electron chi connectivity index (χ4n) is 10.8. The second kappa shape index (κ2) is 29.1. The number of benzene rings is 2. The number of fused-ring (bicyclic) bond motifs is 1. The minimum atomic E-state index is -0.242. The largest absolute Gasteiger partial charge is 0.459 e. The zero-order chi connectivity index (χ0) is 51.4. The summed E-state index contributed by atoms with van der Waals surface area (Å²) in [7, 11) is 0. The highest BCUT2D eigenvalue weighted by molar-refractivity contribution is 7.16. The Kier molecular flexibility index (Phi) is 23.8. The van der Waals surface area contributed by atoms with Gasteiger partial charge in [-0.05, 0) is 108 Å². The molecule has 1 aliphatic heterocycles. The third kappa shape index (κ3) is 17.1. The minimum Gasteiger partial charge on any atom is -0.459 e. The molecule has 3 heterocycles. The molecule has 0 radical (unpaired) electrons. The van der Waals surface area contributed by atoms with Crippen LogP contribution in [0.1, 0.15) is 252 Å². The summed E-state index contributed by atoms with van der Waals surface area (Å²) in [5.74, 6) is 2.17. The smallest absolute Gasteiger partial charge is 0.260 e. The standard InChI is InChI=1S/C65H98N2O3S/c1-12-16-20-24-26-30-33-50(32-28-22-18-14-3)46-66(48-68)62(56-40-43-59(70-56)65(9,10)11)60-49(5)61(67(63(60)69)47-51(34-29-23-19-15-4)35-31-27-25-21-17-13-2)58-42-41-57(71-58)54-37-36-53-45-55(64(6,7)8)39-38-52(53)44-54/h36-45,48,50-51H,12-35,46-47H2,1-11H3/b62-60+. The van der Waals surface area contributed by atoms with Crippen LogP contribution in [0.5, 0.6) is 0 Å². The maximum absolute atomic E-state index is 15.9. The summed E-state index contributed by atoms with van der Waals surface area (Å²) in [5.41, 5.74) is 5.55. The van der Waals surface area contributed by atoms with Crippen LogP contribution in [0.3, 0.4) is 0 Å². The van der Waals surface area contributed by atoms with Crippen LogP contribution in [0.25, 0.3) is 32.6 Å². The molecule has 5 nitrogen and oxygen atoms in total. The van der Waals surface area contributed by atoms with E-state index in [0.717, 1.165) is 60.4 Å². The van der Waals surface area contributed by atoms with Crippen molar-refractivity contribution in [3.05, 3.63) is 93.8 Å². The van der Waals surface area contributed by atoms with Gasteiger partial charge in [0.2, 0.25) is 6.41 Å². The highest BCUT2D eigenvalue weighted by Gasteiger charge is 2.40. The number of amides is 2. The van der Waals surface area contributed by atoms with Crippen LogP contribution in [0.2, 0.25) is 0 Å². The number of hydrogen-bond acceptors (Lipinski definition) is 4. The summed E-state index contributed by atoms with van der Waals surface area (Å²) in [6, 6.07) is 22.3. The Bertz CT molecular complexity index is 2290. The van der Waals surface area contributed by atoms with E-state index in [1.807, 2.05) is 11.0 Å². The molecule has 392 valence electrons. The van der Waals surface area contributed by atoms with Crippen molar-refractivity contribution < 1.29 is 14.0 Å². The van der Waals surface area contributed by atoms with Gasteiger partial charge in [0.15, 0.2) is 5.76 Å². The lowest BCUT2D eigenvalue weighted by Gasteiger charge is -2.28. The number of hydrogen-bond donors (Lipinski definition) is 0. The lowest BCUT2D eigenvalue weighted by Crippen LogP contribution is -2.33. The van der Waals surface area contributed by atoms with Crippen LogP contribution in [0.15, 0.2) is 76.2 Å². The van der Waals surface area contributed by atoms with Gasteiger partial charge in [-0.15, -0.1) is 11.3 Å². The molecule has 0 spiro atoms. The minimum absolute atomic E-state index is 0.000269.